The van der Waals surface area contributed by atoms with Crippen molar-refractivity contribution in [1.29, 1.82) is 5.41 Å². The van der Waals surface area contributed by atoms with Crippen LogP contribution in [0.2, 0.25) is 5.02 Å². The van der Waals surface area contributed by atoms with Crippen molar-refractivity contribution in [3.63, 3.8) is 0 Å². The molecule has 0 radical (unpaired) electrons. The minimum absolute atomic E-state index is 0.00616. The first kappa shape index (κ1) is 26.6. The molecule has 12 nitrogen and oxygen atoms in total. The maximum Gasteiger partial charge on any atom is 0.249 e. The van der Waals surface area contributed by atoms with Crippen molar-refractivity contribution in [2.45, 2.75) is 32.0 Å². The number of aromatic nitrogens is 3. The molecule has 2 aromatic heterocycles. The van der Waals surface area contributed by atoms with Gasteiger partial charge in [-0.2, -0.15) is 4.98 Å². The molecule has 1 saturated heterocycles. The summed E-state index contributed by atoms with van der Waals surface area (Å²) in [5.74, 6) is -1.61. The maximum absolute atomic E-state index is 15.4. The number of amides is 2. The Hall–Kier alpha value is -4.62. The first-order chi connectivity index (χ1) is 19.6. The van der Waals surface area contributed by atoms with E-state index in [4.69, 9.17) is 16.3 Å². The third-order valence-corrected chi connectivity index (χ3v) is 7.63. The first-order valence-electron chi connectivity index (χ1n) is 12.7. The second-order valence-electron chi connectivity index (χ2n) is 9.89. The average molecular weight is 579 g/mol. The lowest BCUT2D eigenvalue weighted by molar-refractivity contribution is -0.132. The smallest absolute Gasteiger partial charge is 0.249 e. The highest BCUT2D eigenvalue weighted by Gasteiger charge is 2.44. The fraction of sp³-hybridized carbons (Fsp3) is 0.259. The summed E-state index contributed by atoms with van der Waals surface area (Å²) in [6.07, 6.45) is 1.31. The number of benzene rings is 1. The second kappa shape index (κ2) is 9.78. The van der Waals surface area contributed by atoms with Gasteiger partial charge in [0, 0.05) is 12.6 Å². The van der Waals surface area contributed by atoms with Crippen LogP contribution in [0.15, 0.2) is 37.2 Å². The summed E-state index contributed by atoms with van der Waals surface area (Å²) in [4.78, 5) is 42.2. The zero-order chi connectivity index (χ0) is 29.2. The summed E-state index contributed by atoms with van der Waals surface area (Å²) in [5.41, 5.74) is 0.310. The third kappa shape index (κ3) is 4.16. The molecule has 0 aliphatic carbocycles. The Labute approximate surface area is 238 Å². The fourth-order valence-corrected chi connectivity index (χ4v) is 5.70. The number of nitrogens with zero attached hydrogens (tertiary/aromatic N) is 5. The number of carbonyl (C=O) groups excluding carboxylic acids is 2. The van der Waals surface area contributed by atoms with Crippen LogP contribution in [0, 0.1) is 11.2 Å². The van der Waals surface area contributed by atoms with E-state index in [-0.39, 0.29) is 81.2 Å². The Balaban J connectivity index is 1.62. The number of ether oxygens (including phenoxy) is 1. The van der Waals surface area contributed by atoms with Crippen LogP contribution in [0.5, 0.6) is 11.6 Å². The van der Waals surface area contributed by atoms with Crippen molar-refractivity contribution in [3.05, 3.63) is 59.3 Å². The van der Waals surface area contributed by atoms with Crippen molar-refractivity contribution in [2.24, 2.45) is 0 Å². The summed E-state index contributed by atoms with van der Waals surface area (Å²) in [6.45, 7) is 7.08. The highest BCUT2D eigenvalue weighted by atomic mass is 35.5. The molecule has 5 heterocycles. The Morgan fingerprint density at radius 1 is 1.29 bits per heavy atom. The van der Waals surface area contributed by atoms with E-state index in [2.05, 4.69) is 32.2 Å². The Morgan fingerprint density at radius 2 is 2.07 bits per heavy atom. The van der Waals surface area contributed by atoms with E-state index in [1.807, 2.05) is 0 Å². The van der Waals surface area contributed by atoms with Crippen LogP contribution in [0.4, 0.5) is 21.6 Å². The number of anilines is 3. The standard InChI is InChI=1S/C27H24ClFN8O4/c1-4-16(39)36-8-11(2)37-14(9-36)26(40)35-22-18(24(37)30)25-33-21(19(22)28)17-13(29)6-5-7-15(17)41-27-23(34-25)20(12(3)38)31-10-32-27/h4-7,10-12,14,30,38H,1,8-9H2,2-3H3,(H,33,34)(H,35,40). The van der Waals surface area contributed by atoms with Gasteiger partial charge in [0.05, 0.1) is 40.2 Å². The van der Waals surface area contributed by atoms with Gasteiger partial charge in [-0.05, 0) is 32.1 Å². The molecule has 14 heteroatoms. The van der Waals surface area contributed by atoms with Crippen LogP contribution in [-0.2, 0) is 9.59 Å². The van der Waals surface area contributed by atoms with Crippen molar-refractivity contribution >= 4 is 46.4 Å². The van der Waals surface area contributed by atoms with Gasteiger partial charge in [0.15, 0.2) is 0 Å². The van der Waals surface area contributed by atoms with Crippen LogP contribution in [0.25, 0.3) is 11.3 Å². The molecule has 3 aliphatic heterocycles. The summed E-state index contributed by atoms with van der Waals surface area (Å²) >= 11 is 6.85. The zero-order valence-electron chi connectivity index (χ0n) is 21.9. The SMILES string of the molecule is C=CC(=O)N1CC(C)N2C(=N)c3c4nc(c(Cl)c3NC(=O)C2C1)-c1c(F)cccc1Oc1ncnc(C(C)O)c1N4. The first-order valence-corrected chi connectivity index (χ1v) is 13.1. The number of hydrogen-bond acceptors (Lipinski definition) is 9. The molecule has 4 N–H and O–H groups in total. The third-order valence-electron chi connectivity index (χ3n) is 7.26. The molecule has 2 bridgehead atoms. The van der Waals surface area contributed by atoms with E-state index in [0.717, 1.165) is 0 Å². The van der Waals surface area contributed by atoms with Crippen molar-refractivity contribution < 1.29 is 23.8 Å². The topological polar surface area (TPSA) is 157 Å². The number of aliphatic hydroxyl groups is 1. The molecule has 41 heavy (non-hydrogen) atoms. The molecule has 3 aliphatic rings. The number of aliphatic hydroxyl groups excluding tert-OH is 1. The predicted molar refractivity (Wildman–Crippen MR) is 148 cm³/mol. The lowest BCUT2D eigenvalue weighted by Crippen LogP contribution is -2.63. The number of piperazine rings is 1. The average Bonchev–Trinajstić information content (AvgIpc) is 3.00. The Kier molecular flexibility index (Phi) is 6.35. The number of pyridine rings is 1. The molecular weight excluding hydrogens is 555 g/mol. The van der Waals surface area contributed by atoms with Crippen molar-refractivity contribution in [3.8, 4) is 22.9 Å². The molecule has 0 spiro atoms. The van der Waals surface area contributed by atoms with E-state index >= 15 is 4.39 Å². The summed E-state index contributed by atoms with van der Waals surface area (Å²) < 4.78 is 21.4. The van der Waals surface area contributed by atoms with Crippen LogP contribution < -0.4 is 15.4 Å². The van der Waals surface area contributed by atoms with Gasteiger partial charge in [-0.25, -0.2) is 14.4 Å². The highest BCUT2D eigenvalue weighted by Crippen LogP contribution is 2.48. The monoisotopic (exact) mass is 578 g/mol. The van der Waals surface area contributed by atoms with Crippen LogP contribution in [-0.4, -0.2) is 72.7 Å². The number of rotatable bonds is 2. The van der Waals surface area contributed by atoms with Gasteiger partial charge in [0.1, 0.15) is 47.0 Å². The number of halogens is 2. The van der Waals surface area contributed by atoms with E-state index < -0.39 is 29.9 Å². The largest absolute Gasteiger partial charge is 0.436 e. The van der Waals surface area contributed by atoms with Gasteiger partial charge in [-0.1, -0.05) is 24.2 Å². The minimum Gasteiger partial charge on any atom is -0.436 e. The predicted octanol–water partition coefficient (Wildman–Crippen LogP) is 3.60. The van der Waals surface area contributed by atoms with E-state index in [1.54, 1.807) is 11.8 Å². The Bertz CT molecular complexity index is 1660. The van der Waals surface area contributed by atoms with Gasteiger partial charge in [-0.3, -0.25) is 15.0 Å². The molecule has 6 rings (SSSR count). The lowest BCUT2D eigenvalue weighted by atomic mass is 10.0. The normalized spacial score (nSPS) is 19.8. The van der Waals surface area contributed by atoms with E-state index in [0.29, 0.717) is 0 Å². The molecule has 3 unspecified atom stereocenters. The van der Waals surface area contributed by atoms with Gasteiger partial charge in [0.2, 0.25) is 17.7 Å². The number of hydrogen-bond donors (Lipinski definition) is 4. The van der Waals surface area contributed by atoms with E-state index in [1.165, 1.54) is 42.4 Å². The second-order valence-corrected chi connectivity index (χ2v) is 10.3. The zero-order valence-corrected chi connectivity index (χ0v) is 22.7. The summed E-state index contributed by atoms with van der Waals surface area (Å²) in [7, 11) is 0. The number of amidine groups is 1. The summed E-state index contributed by atoms with van der Waals surface area (Å²) in [5, 5.41) is 25.6. The number of carbonyl (C=O) groups is 2. The molecule has 3 atom stereocenters. The molecule has 2 amide bonds. The van der Waals surface area contributed by atoms with Crippen molar-refractivity contribution in [1.82, 2.24) is 24.8 Å². The van der Waals surface area contributed by atoms with Crippen LogP contribution in [0.3, 0.4) is 0 Å². The number of fused-ring (bicyclic) bond motifs is 8. The molecular formula is C27H24ClFN8O4. The molecule has 1 aromatic carbocycles. The Morgan fingerprint density at radius 3 is 2.80 bits per heavy atom. The van der Waals surface area contributed by atoms with Crippen LogP contribution in [0.1, 0.15) is 31.2 Å². The van der Waals surface area contributed by atoms with E-state index in [9.17, 15) is 20.1 Å². The molecule has 3 aromatic rings. The number of nitrogens with one attached hydrogen (secondary N) is 3. The molecule has 210 valence electrons. The van der Waals surface area contributed by atoms with Gasteiger partial charge in [-0.15, -0.1) is 0 Å². The molecule has 1 fully saturated rings. The quantitative estimate of drug-likeness (QED) is 0.261. The lowest BCUT2D eigenvalue weighted by Gasteiger charge is -2.44. The minimum atomic E-state index is -1.07. The van der Waals surface area contributed by atoms with Crippen LogP contribution >= 0.6 is 11.6 Å². The van der Waals surface area contributed by atoms with Gasteiger partial charge >= 0.3 is 0 Å². The summed E-state index contributed by atoms with van der Waals surface area (Å²) in [6, 6.07) is 2.79. The van der Waals surface area contributed by atoms with Gasteiger partial charge in [0.25, 0.3) is 0 Å². The molecule has 0 saturated carbocycles. The fourth-order valence-electron chi connectivity index (χ4n) is 5.42. The maximum atomic E-state index is 15.4. The van der Waals surface area contributed by atoms with Crippen molar-refractivity contribution in [2.75, 3.05) is 23.7 Å². The van der Waals surface area contributed by atoms with Gasteiger partial charge < -0.3 is 30.3 Å². The highest BCUT2D eigenvalue weighted by molar-refractivity contribution is 6.38.